The van der Waals surface area contributed by atoms with Crippen LogP contribution in [0.4, 0.5) is 0 Å². The first kappa shape index (κ1) is 16.2. The van der Waals surface area contributed by atoms with E-state index in [1.165, 1.54) is 17.8 Å². The van der Waals surface area contributed by atoms with Crippen molar-refractivity contribution in [1.29, 1.82) is 0 Å². The number of piperidine rings is 1. The number of allylic oxidation sites excluding steroid dienone is 1. The standard InChI is InChI=1S/C15H21N3O4/c1-3-5-15(10-19)6-4-7-18(9-15)13(21)11-8-17(2)14(22)16-12(11)20/h3,8,19H,1,4-7,9-10H2,2H3,(H,16,20,22). The highest BCUT2D eigenvalue weighted by Crippen LogP contribution is 2.33. The molecule has 1 aromatic heterocycles. The van der Waals surface area contributed by atoms with Crippen molar-refractivity contribution in [3.8, 4) is 0 Å². The number of amides is 1. The predicted molar refractivity (Wildman–Crippen MR) is 81.8 cm³/mol. The van der Waals surface area contributed by atoms with Crippen molar-refractivity contribution >= 4 is 5.91 Å². The van der Waals surface area contributed by atoms with Crippen LogP contribution < -0.4 is 11.2 Å². The fourth-order valence-corrected chi connectivity index (χ4v) is 2.93. The summed E-state index contributed by atoms with van der Waals surface area (Å²) >= 11 is 0. The van der Waals surface area contributed by atoms with Crippen molar-refractivity contribution in [3.05, 3.63) is 45.3 Å². The third-order valence-corrected chi connectivity index (χ3v) is 4.20. The van der Waals surface area contributed by atoms with Gasteiger partial charge in [-0.05, 0) is 19.3 Å². The molecule has 2 rings (SSSR count). The Hall–Kier alpha value is -2.15. The van der Waals surface area contributed by atoms with E-state index < -0.39 is 22.6 Å². The molecule has 120 valence electrons. The van der Waals surface area contributed by atoms with Crippen molar-refractivity contribution < 1.29 is 9.90 Å². The summed E-state index contributed by atoms with van der Waals surface area (Å²) in [4.78, 5) is 39.5. The minimum Gasteiger partial charge on any atom is -0.396 e. The molecular weight excluding hydrogens is 286 g/mol. The fourth-order valence-electron chi connectivity index (χ4n) is 2.93. The van der Waals surface area contributed by atoms with Crippen LogP contribution in [0.2, 0.25) is 0 Å². The lowest BCUT2D eigenvalue weighted by Gasteiger charge is -2.41. The molecule has 1 atom stereocenters. The van der Waals surface area contributed by atoms with Gasteiger partial charge >= 0.3 is 5.69 Å². The van der Waals surface area contributed by atoms with Crippen molar-refractivity contribution in [2.24, 2.45) is 12.5 Å². The largest absolute Gasteiger partial charge is 0.396 e. The van der Waals surface area contributed by atoms with Crippen LogP contribution in [-0.4, -0.2) is 45.2 Å². The number of likely N-dealkylation sites (tertiary alicyclic amines) is 1. The van der Waals surface area contributed by atoms with Crippen molar-refractivity contribution in [3.63, 3.8) is 0 Å². The van der Waals surface area contributed by atoms with E-state index in [-0.39, 0.29) is 12.2 Å². The highest BCUT2D eigenvalue weighted by atomic mass is 16.3. The summed E-state index contributed by atoms with van der Waals surface area (Å²) in [5.41, 5.74) is -1.70. The molecule has 7 nitrogen and oxygen atoms in total. The van der Waals surface area contributed by atoms with Crippen molar-refractivity contribution in [2.75, 3.05) is 19.7 Å². The molecule has 1 unspecified atom stereocenters. The SMILES string of the molecule is C=CCC1(CO)CCCN(C(=O)c2cn(C)c(=O)[nH]c2=O)C1. The molecule has 7 heteroatoms. The number of nitrogens with one attached hydrogen (secondary N) is 1. The number of aromatic nitrogens is 2. The molecule has 1 aromatic rings. The Morgan fingerprint density at radius 1 is 1.55 bits per heavy atom. The molecule has 0 spiro atoms. The quantitative estimate of drug-likeness (QED) is 0.757. The average molecular weight is 307 g/mol. The number of H-pyrrole nitrogens is 1. The van der Waals surface area contributed by atoms with E-state index >= 15 is 0 Å². The van der Waals surface area contributed by atoms with Gasteiger partial charge in [0.15, 0.2) is 0 Å². The zero-order valence-corrected chi connectivity index (χ0v) is 12.7. The summed E-state index contributed by atoms with van der Waals surface area (Å²) in [5, 5.41) is 9.68. The molecule has 0 aliphatic carbocycles. The van der Waals surface area contributed by atoms with E-state index in [9.17, 15) is 19.5 Å². The number of aromatic amines is 1. The Bertz CT molecular complexity index is 691. The van der Waals surface area contributed by atoms with Crippen LogP contribution in [0.15, 0.2) is 28.4 Å². The summed E-state index contributed by atoms with van der Waals surface area (Å²) in [6, 6.07) is 0. The van der Waals surface area contributed by atoms with E-state index in [2.05, 4.69) is 11.6 Å². The molecule has 1 saturated heterocycles. The zero-order valence-electron chi connectivity index (χ0n) is 12.7. The van der Waals surface area contributed by atoms with Gasteiger partial charge in [-0.2, -0.15) is 0 Å². The van der Waals surface area contributed by atoms with Crippen LogP contribution in [0.3, 0.4) is 0 Å². The Labute approximate surface area is 127 Å². The number of hydrogen-bond donors (Lipinski definition) is 2. The van der Waals surface area contributed by atoms with Crippen LogP contribution in [0, 0.1) is 5.41 Å². The normalized spacial score (nSPS) is 21.6. The Kier molecular flexibility index (Phi) is 4.65. The van der Waals surface area contributed by atoms with Gasteiger partial charge < -0.3 is 14.6 Å². The zero-order chi connectivity index (χ0) is 16.3. The number of aliphatic hydroxyl groups excluding tert-OH is 1. The predicted octanol–water partition coefficient (Wildman–Crippen LogP) is -0.136. The van der Waals surface area contributed by atoms with Gasteiger partial charge in [0.1, 0.15) is 5.56 Å². The lowest BCUT2D eigenvalue weighted by atomic mass is 9.77. The number of aliphatic hydroxyl groups is 1. The first-order valence-corrected chi connectivity index (χ1v) is 7.23. The number of hydrogen-bond acceptors (Lipinski definition) is 4. The first-order chi connectivity index (χ1) is 10.4. The lowest BCUT2D eigenvalue weighted by molar-refractivity contribution is 0.0283. The van der Waals surface area contributed by atoms with E-state index in [4.69, 9.17) is 0 Å². The first-order valence-electron chi connectivity index (χ1n) is 7.23. The molecule has 1 amide bonds. The van der Waals surface area contributed by atoms with Crippen LogP contribution in [-0.2, 0) is 7.05 Å². The Morgan fingerprint density at radius 2 is 2.27 bits per heavy atom. The molecule has 1 aliphatic rings. The maximum absolute atomic E-state index is 12.6. The second kappa shape index (κ2) is 6.31. The molecule has 1 fully saturated rings. The third-order valence-electron chi connectivity index (χ3n) is 4.20. The molecule has 1 aliphatic heterocycles. The smallest absolute Gasteiger partial charge is 0.328 e. The number of carbonyl (C=O) groups excluding carboxylic acids is 1. The van der Waals surface area contributed by atoms with E-state index in [1.807, 2.05) is 0 Å². The Morgan fingerprint density at radius 3 is 2.91 bits per heavy atom. The molecule has 0 aromatic carbocycles. The van der Waals surface area contributed by atoms with Gasteiger partial charge in [-0.3, -0.25) is 14.6 Å². The average Bonchev–Trinajstić information content (AvgIpc) is 2.51. The Balaban J connectivity index is 2.30. The van der Waals surface area contributed by atoms with Crippen molar-refractivity contribution in [1.82, 2.24) is 14.5 Å². The minimum absolute atomic E-state index is 0.0353. The summed E-state index contributed by atoms with van der Waals surface area (Å²) in [6.07, 6.45) is 5.17. The molecule has 0 bridgehead atoms. The third kappa shape index (κ3) is 3.04. The molecule has 0 saturated carbocycles. The van der Waals surface area contributed by atoms with Gasteiger partial charge in [-0.1, -0.05) is 6.08 Å². The highest BCUT2D eigenvalue weighted by molar-refractivity contribution is 5.93. The minimum atomic E-state index is -0.683. The monoisotopic (exact) mass is 307 g/mol. The summed E-state index contributed by atoms with van der Waals surface area (Å²) in [7, 11) is 1.47. The molecule has 2 N–H and O–H groups in total. The van der Waals surface area contributed by atoms with Gasteiger partial charge in [-0.15, -0.1) is 6.58 Å². The highest BCUT2D eigenvalue weighted by Gasteiger charge is 2.36. The van der Waals surface area contributed by atoms with Crippen LogP contribution in [0.5, 0.6) is 0 Å². The van der Waals surface area contributed by atoms with Gasteiger partial charge in [0, 0.05) is 31.7 Å². The number of aryl methyl sites for hydroxylation is 1. The number of rotatable bonds is 4. The van der Waals surface area contributed by atoms with E-state index in [1.54, 1.807) is 11.0 Å². The van der Waals surface area contributed by atoms with Crippen LogP contribution in [0.1, 0.15) is 29.6 Å². The lowest BCUT2D eigenvalue weighted by Crippen LogP contribution is -2.49. The van der Waals surface area contributed by atoms with Crippen molar-refractivity contribution in [2.45, 2.75) is 19.3 Å². The second-order valence-corrected chi connectivity index (χ2v) is 5.89. The van der Waals surface area contributed by atoms with E-state index in [0.29, 0.717) is 19.5 Å². The second-order valence-electron chi connectivity index (χ2n) is 5.89. The molecule has 22 heavy (non-hydrogen) atoms. The summed E-state index contributed by atoms with van der Waals surface area (Å²) in [6.45, 7) is 4.57. The van der Waals surface area contributed by atoms with Crippen LogP contribution in [0.25, 0.3) is 0 Å². The maximum Gasteiger partial charge on any atom is 0.328 e. The topological polar surface area (TPSA) is 95.4 Å². The van der Waals surface area contributed by atoms with Gasteiger partial charge in [-0.25, -0.2) is 4.79 Å². The van der Waals surface area contributed by atoms with Crippen LogP contribution >= 0.6 is 0 Å². The summed E-state index contributed by atoms with van der Waals surface area (Å²) < 4.78 is 1.17. The molecular formula is C15H21N3O4. The van der Waals surface area contributed by atoms with Gasteiger partial charge in [0.2, 0.25) is 0 Å². The van der Waals surface area contributed by atoms with E-state index in [0.717, 1.165) is 12.8 Å². The molecule has 2 heterocycles. The summed E-state index contributed by atoms with van der Waals surface area (Å²) in [5.74, 6) is -0.418. The number of nitrogens with zero attached hydrogens (tertiary/aromatic N) is 2. The molecule has 0 radical (unpaired) electrons. The fraction of sp³-hybridized carbons (Fsp3) is 0.533. The van der Waals surface area contributed by atoms with Gasteiger partial charge in [0.25, 0.3) is 11.5 Å². The number of carbonyl (C=O) groups is 1. The maximum atomic E-state index is 12.6. The van der Waals surface area contributed by atoms with Gasteiger partial charge in [0.05, 0.1) is 6.61 Å².